The highest BCUT2D eigenvalue weighted by atomic mass is 16.2. The van der Waals surface area contributed by atoms with Crippen LogP contribution in [0.4, 0.5) is 0 Å². The van der Waals surface area contributed by atoms with Crippen molar-refractivity contribution in [3.05, 3.63) is 30.1 Å². The number of piperidine rings is 1. The maximum Gasteiger partial charge on any atom is 0.241 e. The molecule has 1 aliphatic carbocycles. The van der Waals surface area contributed by atoms with Crippen LogP contribution in [0.2, 0.25) is 0 Å². The van der Waals surface area contributed by atoms with Crippen LogP contribution in [-0.2, 0) is 9.59 Å². The van der Waals surface area contributed by atoms with Crippen molar-refractivity contribution in [2.75, 3.05) is 13.1 Å². The Morgan fingerprint density at radius 1 is 1.04 bits per heavy atom. The lowest BCUT2D eigenvalue weighted by molar-refractivity contribution is -0.137. The van der Waals surface area contributed by atoms with Crippen LogP contribution in [0.25, 0.3) is 0 Å². The van der Waals surface area contributed by atoms with Gasteiger partial charge in [0.15, 0.2) is 0 Å². The zero-order chi connectivity index (χ0) is 19.3. The van der Waals surface area contributed by atoms with E-state index >= 15 is 0 Å². The average molecular weight is 386 g/mol. The maximum atomic E-state index is 13.0. The van der Waals surface area contributed by atoms with Gasteiger partial charge in [-0.3, -0.25) is 14.6 Å². The second-order valence-corrected chi connectivity index (χ2v) is 8.38. The topological polar surface area (TPSA) is 86.4 Å². The number of carbonyl (C=O) groups excluding carboxylic acids is 2. The van der Waals surface area contributed by atoms with Gasteiger partial charge in [0.1, 0.15) is 6.04 Å². The third-order valence-electron chi connectivity index (χ3n) is 6.37. The molecule has 3 unspecified atom stereocenters. The largest absolute Gasteiger partial charge is 0.353 e. The second kappa shape index (κ2) is 9.01. The summed E-state index contributed by atoms with van der Waals surface area (Å²) < 4.78 is 0. The first kappa shape index (κ1) is 19.3. The molecule has 3 heterocycles. The third-order valence-corrected chi connectivity index (χ3v) is 6.37. The van der Waals surface area contributed by atoms with Gasteiger partial charge in [0.25, 0.3) is 0 Å². The molecule has 7 nitrogen and oxygen atoms in total. The minimum Gasteiger partial charge on any atom is -0.353 e. The van der Waals surface area contributed by atoms with E-state index in [9.17, 15) is 9.59 Å². The molecule has 0 bridgehead atoms. The number of nitrogens with zero attached hydrogens (tertiary/aromatic N) is 2. The third kappa shape index (κ3) is 4.52. The zero-order valence-electron chi connectivity index (χ0n) is 16.4. The Hall–Kier alpha value is -1.99. The Morgan fingerprint density at radius 2 is 1.82 bits per heavy atom. The van der Waals surface area contributed by atoms with Gasteiger partial charge >= 0.3 is 0 Å². The molecule has 1 aromatic heterocycles. The van der Waals surface area contributed by atoms with E-state index in [-0.39, 0.29) is 29.8 Å². The highest BCUT2D eigenvalue weighted by Gasteiger charge is 2.36. The summed E-state index contributed by atoms with van der Waals surface area (Å²) in [5.41, 5.74) is 7.50. The molecule has 0 spiro atoms. The molecule has 7 heteroatoms. The van der Waals surface area contributed by atoms with Crippen LogP contribution >= 0.6 is 0 Å². The van der Waals surface area contributed by atoms with Crippen molar-refractivity contribution in [1.29, 1.82) is 0 Å². The van der Waals surface area contributed by atoms with Gasteiger partial charge in [-0.1, -0.05) is 19.3 Å². The molecule has 152 valence electrons. The lowest BCUT2D eigenvalue weighted by Crippen LogP contribution is -2.52. The number of hydrazine groups is 1. The van der Waals surface area contributed by atoms with Gasteiger partial charge in [0.05, 0.1) is 5.92 Å². The summed E-state index contributed by atoms with van der Waals surface area (Å²) in [5.74, 6) is 0.153. The molecular weight excluding hydrogens is 354 g/mol. The number of rotatable bonds is 4. The minimum atomic E-state index is -0.252. The summed E-state index contributed by atoms with van der Waals surface area (Å²) in [5, 5.41) is 3.24. The Morgan fingerprint density at radius 3 is 2.61 bits per heavy atom. The molecule has 2 saturated heterocycles. The fourth-order valence-corrected chi connectivity index (χ4v) is 4.71. The van der Waals surface area contributed by atoms with E-state index in [4.69, 9.17) is 0 Å². The van der Waals surface area contributed by atoms with Crippen molar-refractivity contribution < 1.29 is 9.59 Å². The lowest BCUT2D eigenvalue weighted by Gasteiger charge is -2.34. The first-order valence-corrected chi connectivity index (χ1v) is 10.7. The van der Waals surface area contributed by atoms with Crippen LogP contribution in [0.3, 0.4) is 0 Å². The van der Waals surface area contributed by atoms with Crippen LogP contribution in [0.15, 0.2) is 24.5 Å². The Bertz CT molecular complexity index is 677. The van der Waals surface area contributed by atoms with Gasteiger partial charge in [0.2, 0.25) is 11.8 Å². The molecule has 3 aliphatic rings. The molecule has 3 atom stereocenters. The van der Waals surface area contributed by atoms with Crippen molar-refractivity contribution >= 4 is 11.8 Å². The van der Waals surface area contributed by atoms with Crippen molar-refractivity contribution in [1.82, 2.24) is 26.1 Å². The zero-order valence-corrected chi connectivity index (χ0v) is 16.4. The molecule has 4 rings (SSSR count). The number of aromatic nitrogens is 1. The van der Waals surface area contributed by atoms with E-state index in [1.807, 2.05) is 17.0 Å². The molecule has 3 N–H and O–H groups in total. The number of likely N-dealkylation sites (tertiary alicyclic amines) is 1. The van der Waals surface area contributed by atoms with E-state index < -0.39 is 0 Å². The van der Waals surface area contributed by atoms with Gasteiger partial charge in [-0.05, 0) is 49.8 Å². The van der Waals surface area contributed by atoms with Crippen LogP contribution < -0.4 is 16.2 Å². The number of pyridine rings is 1. The van der Waals surface area contributed by atoms with Crippen LogP contribution in [-0.4, -0.2) is 46.9 Å². The van der Waals surface area contributed by atoms with Crippen molar-refractivity contribution in [2.24, 2.45) is 5.92 Å². The number of hydrogen-bond acceptors (Lipinski definition) is 5. The number of carbonyl (C=O) groups is 2. The van der Waals surface area contributed by atoms with Gasteiger partial charge in [0, 0.05) is 37.6 Å². The number of amides is 2. The van der Waals surface area contributed by atoms with E-state index in [1.165, 1.54) is 19.3 Å². The summed E-state index contributed by atoms with van der Waals surface area (Å²) in [4.78, 5) is 31.7. The van der Waals surface area contributed by atoms with Crippen LogP contribution in [0.5, 0.6) is 0 Å². The monoisotopic (exact) mass is 385 g/mol. The molecular formula is C21H31N5O2. The lowest BCUT2D eigenvalue weighted by atomic mass is 9.92. The second-order valence-electron chi connectivity index (χ2n) is 8.38. The van der Waals surface area contributed by atoms with Crippen molar-refractivity contribution in [3.63, 3.8) is 0 Å². The SMILES string of the molecule is O=C(NC1CCCCC1)C1CCCN(C(=O)C2CC(c3ccncc3)NN2)C1. The summed E-state index contributed by atoms with van der Waals surface area (Å²) in [6.07, 6.45) is 11.9. The molecule has 1 aromatic rings. The first-order chi connectivity index (χ1) is 13.7. The standard InChI is InChI=1S/C21H31N5O2/c27-20(23-17-6-2-1-3-7-17)16-5-4-12-26(14-16)21(28)19-13-18(24-25-19)15-8-10-22-11-9-15/h8-11,16-19,24-25H,1-7,12-14H2,(H,23,27). The highest BCUT2D eigenvalue weighted by molar-refractivity contribution is 5.84. The van der Waals surface area contributed by atoms with Gasteiger partial charge in [-0.25, -0.2) is 10.9 Å². The Balaban J connectivity index is 1.30. The summed E-state index contributed by atoms with van der Waals surface area (Å²) in [6.45, 7) is 1.28. The number of nitrogens with one attached hydrogen (secondary N) is 3. The minimum absolute atomic E-state index is 0.0787. The van der Waals surface area contributed by atoms with Crippen LogP contribution in [0.1, 0.15) is 63.0 Å². The summed E-state index contributed by atoms with van der Waals surface area (Å²) in [6, 6.07) is 4.12. The van der Waals surface area contributed by atoms with E-state index in [0.717, 1.165) is 37.8 Å². The first-order valence-electron chi connectivity index (χ1n) is 10.7. The predicted octanol–water partition coefficient (Wildman–Crippen LogP) is 1.68. The fraction of sp³-hybridized carbons (Fsp3) is 0.667. The average Bonchev–Trinajstić information content (AvgIpc) is 3.25. The molecule has 28 heavy (non-hydrogen) atoms. The predicted molar refractivity (Wildman–Crippen MR) is 106 cm³/mol. The van der Waals surface area contributed by atoms with Gasteiger partial charge < -0.3 is 10.2 Å². The van der Waals surface area contributed by atoms with Gasteiger partial charge in [-0.2, -0.15) is 0 Å². The van der Waals surface area contributed by atoms with E-state index in [1.54, 1.807) is 12.4 Å². The summed E-state index contributed by atoms with van der Waals surface area (Å²) >= 11 is 0. The molecule has 1 saturated carbocycles. The normalized spacial score (nSPS) is 28.9. The molecule has 2 amide bonds. The summed E-state index contributed by atoms with van der Waals surface area (Å²) in [7, 11) is 0. The van der Waals surface area contributed by atoms with Gasteiger partial charge in [-0.15, -0.1) is 0 Å². The molecule has 0 aromatic carbocycles. The maximum absolute atomic E-state index is 13.0. The Labute approximate surface area is 166 Å². The highest BCUT2D eigenvalue weighted by Crippen LogP contribution is 2.25. The molecule has 3 fully saturated rings. The number of hydrogen-bond donors (Lipinski definition) is 3. The molecule has 0 radical (unpaired) electrons. The fourth-order valence-electron chi connectivity index (χ4n) is 4.71. The Kier molecular flexibility index (Phi) is 6.22. The van der Waals surface area contributed by atoms with E-state index in [0.29, 0.717) is 19.0 Å². The quantitative estimate of drug-likeness (QED) is 0.734. The van der Waals surface area contributed by atoms with Crippen molar-refractivity contribution in [3.8, 4) is 0 Å². The van der Waals surface area contributed by atoms with Crippen LogP contribution in [0, 0.1) is 5.92 Å². The van der Waals surface area contributed by atoms with Crippen molar-refractivity contribution in [2.45, 2.75) is 69.5 Å². The molecule has 2 aliphatic heterocycles. The van der Waals surface area contributed by atoms with E-state index in [2.05, 4.69) is 21.2 Å². The smallest absolute Gasteiger partial charge is 0.241 e.